The number of nitrogens with zero attached hydrogens (tertiary/aromatic N) is 2. The first-order valence-corrected chi connectivity index (χ1v) is 13.7. The third-order valence-electron chi connectivity index (χ3n) is 6.14. The molecule has 0 saturated carbocycles. The van der Waals surface area contributed by atoms with Gasteiger partial charge in [0.25, 0.3) is 11.8 Å². The highest BCUT2D eigenvalue weighted by Crippen LogP contribution is 2.36. The van der Waals surface area contributed by atoms with Gasteiger partial charge < -0.3 is 9.47 Å². The Hall–Kier alpha value is -4.09. The molecule has 0 radical (unpaired) electrons. The zero-order chi connectivity index (χ0) is 28.2. The van der Waals surface area contributed by atoms with E-state index in [0.29, 0.717) is 32.0 Å². The highest BCUT2D eigenvalue weighted by Gasteiger charge is 2.41. The predicted octanol–water partition coefficient (Wildman–Crippen LogP) is 6.77. The Morgan fingerprint density at radius 3 is 1.93 bits per heavy atom. The third kappa shape index (κ3) is 5.61. The van der Waals surface area contributed by atoms with E-state index in [-0.39, 0.29) is 23.1 Å². The fourth-order valence-corrected chi connectivity index (χ4v) is 5.36. The van der Waals surface area contributed by atoms with Crippen molar-refractivity contribution in [2.75, 3.05) is 16.9 Å². The minimum Gasteiger partial charge on any atom is -0.493 e. The van der Waals surface area contributed by atoms with Crippen molar-refractivity contribution in [3.05, 3.63) is 123 Å². The first-order chi connectivity index (χ1) is 19.4. The molecule has 0 aromatic heterocycles. The number of hydrogen-bond donors (Lipinski definition) is 0. The molecular formula is C31H22FIN2O4S. The Labute approximate surface area is 249 Å². The van der Waals surface area contributed by atoms with Crippen LogP contribution in [0.4, 0.5) is 15.8 Å². The van der Waals surface area contributed by atoms with Crippen molar-refractivity contribution in [1.29, 1.82) is 0 Å². The summed E-state index contributed by atoms with van der Waals surface area (Å²) in [4.78, 5) is 30.2. The highest BCUT2D eigenvalue weighted by atomic mass is 127. The van der Waals surface area contributed by atoms with E-state index in [1.807, 2.05) is 12.1 Å². The van der Waals surface area contributed by atoms with E-state index in [1.54, 1.807) is 72.8 Å². The summed E-state index contributed by atoms with van der Waals surface area (Å²) >= 11 is 7.77. The molecule has 5 rings (SSSR count). The van der Waals surface area contributed by atoms with Gasteiger partial charge in [0.1, 0.15) is 18.0 Å². The second-order valence-corrected chi connectivity index (χ2v) is 10.3. The normalized spacial score (nSPS) is 13.5. The number of thiocarbonyl (C=S) groups is 1. The summed E-state index contributed by atoms with van der Waals surface area (Å²) in [6.45, 7) is 0.208. The second-order valence-electron chi connectivity index (χ2n) is 8.74. The van der Waals surface area contributed by atoms with Crippen molar-refractivity contribution in [1.82, 2.24) is 0 Å². The molecule has 2 amide bonds. The van der Waals surface area contributed by atoms with Crippen LogP contribution in [0.2, 0.25) is 0 Å². The minimum absolute atomic E-state index is 0.0564. The number of rotatable bonds is 7. The summed E-state index contributed by atoms with van der Waals surface area (Å²) in [5.74, 6) is -0.462. The topological polar surface area (TPSA) is 59.1 Å². The molecule has 1 aliphatic rings. The van der Waals surface area contributed by atoms with Crippen LogP contribution in [0.3, 0.4) is 0 Å². The molecule has 0 unspecified atom stereocenters. The molecule has 6 nitrogen and oxygen atoms in total. The maximum Gasteiger partial charge on any atom is 0.270 e. The largest absolute Gasteiger partial charge is 0.493 e. The fourth-order valence-electron chi connectivity index (χ4n) is 4.21. The van der Waals surface area contributed by atoms with Crippen LogP contribution in [-0.2, 0) is 16.2 Å². The Bertz CT molecular complexity index is 1550. The van der Waals surface area contributed by atoms with Gasteiger partial charge in [0.05, 0.1) is 22.1 Å². The average molecular weight is 664 g/mol. The summed E-state index contributed by atoms with van der Waals surface area (Å²) in [5, 5.41) is 0.0706. The summed E-state index contributed by atoms with van der Waals surface area (Å²) in [6.07, 6.45) is 1.53. The molecular weight excluding hydrogens is 642 g/mol. The number of ether oxygens (including phenoxy) is 2. The Kier molecular flexibility index (Phi) is 8.22. The summed E-state index contributed by atoms with van der Waals surface area (Å²) in [7, 11) is 1.51. The number of benzene rings is 4. The van der Waals surface area contributed by atoms with Crippen LogP contribution in [0.1, 0.15) is 11.1 Å². The maximum absolute atomic E-state index is 13.8. The van der Waals surface area contributed by atoms with Gasteiger partial charge in [-0.05, 0) is 101 Å². The van der Waals surface area contributed by atoms with Gasteiger partial charge in [-0.15, -0.1) is 0 Å². The lowest BCUT2D eigenvalue weighted by Crippen LogP contribution is -2.56. The van der Waals surface area contributed by atoms with Crippen molar-refractivity contribution in [2.24, 2.45) is 0 Å². The maximum atomic E-state index is 13.8. The number of hydrogen-bond acceptors (Lipinski definition) is 5. The highest BCUT2D eigenvalue weighted by molar-refractivity contribution is 14.1. The van der Waals surface area contributed by atoms with E-state index in [0.717, 1.165) is 5.56 Å². The van der Waals surface area contributed by atoms with Gasteiger partial charge >= 0.3 is 0 Å². The smallest absolute Gasteiger partial charge is 0.270 e. The molecule has 0 N–H and O–H groups in total. The number of carbonyl (C=O) groups excluding carboxylic acids is 2. The number of amides is 2. The van der Waals surface area contributed by atoms with Crippen LogP contribution >= 0.6 is 34.8 Å². The fraction of sp³-hybridized carbons (Fsp3) is 0.0645. The van der Waals surface area contributed by atoms with Gasteiger partial charge in [-0.3, -0.25) is 19.4 Å². The quantitative estimate of drug-likeness (QED) is 0.0946. The molecule has 4 aromatic rings. The monoisotopic (exact) mass is 664 g/mol. The predicted molar refractivity (Wildman–Crippen MR) is 165 cm³/mol. The van der Waals surface area contributed by atoms with E-state index < -0.39 is 11.8 Å². The number of methoxy groups -OCH3 is 1. The van der Waals surface area contributed by atoms with Crippen molar-refractivity contribution < 1.29 is 23.5 Å². The van der Waals surface area contributed by atoms with E-state index in [4.69, 9.17) is 21.7 Å². The van der Waals surface area contributed by atoms with Crippen molar-refractivity contribution in [2.45, 2.75) is 6.61 Å². The van der Waals surface area contributed by atoms with Gasteiger partial charge in [0, 0.05) is 0 Å². The Morgan fingerprint density at radius 2 is 1.40 bits per heavy atom. The first-order valence-electron chi connectivity index (χ1n) is 12.2. The lowest BCUT2D eigenvalue weighted by atomic mass is 10.0. The van der Waals surface area contributed by atoms with E-state index >= 15 is 0 Å². The zero-order valence-corrected chi connectivity index (χ0v) is 24.2. The van der Waals surface area contributed by atoms with Crippen LogP contribution in [0, 0.1) is 9.39 Å². The van der Waals surface area contributed by atoms with Crippen LogP contribution in [0.25, 0.3) is 6.08 Å². The molecule has 4 aromatic carbocycles. The molecule has 1 aliphatic heterocycles. The molecule has 0 atom stereocenters. The van der Waals surface area contributed by atoms with Gasteiger partial charge in [0.15, 0.2) is 16.6 Å². The summed E-state index contributed by atoms with van der Waals surface area (Å²) in [6, 6.07) is 27.5. The molecule has 1 fully saturated rings. The number of halogens is 2. The minimum atomic E-state index is -0.529. The Balaban J connectivity index is 1.53. The van der Waals surface area contributed by atoms with Crippen LogP contribution in [0.5, 0.6) is 11.5 Å². The molecule has 9 heteroatoms. The Morgan fingerprint density at radius 1 is 0.850 bits per heavy atom. The van der Waals surface area contributed by atoms with Crippen molar-refractivity contribution in [3.63, 3.8) is 0 Å². The molecule has 1 saturated heterocycles. The van der Waals surface area contributed by atoms with Gasteiger partial charge in [0.2, 0.25) is 0 Å². The summed E-state index contributed by atoms with van der Waals surface area (Å²) < 4.78 is 25.5. The molecule has 0 spiro atoms. The van der Waals surface area contributed by atoms with Crippen molar-refractivity contribution >= 4 is 69.2 Å². The molecule has 0 aliphatic carbocycles. The molecule has 40 heavy (non-hydrogen) atoms. The van der Waals surface area contributed by atoms with Crippen LogP contribution in [0.15, 0.2) is 103 Å². The van der Waals surface area contributed by atoms with Crippen molar-refractivity contribution in [3.8, 4) is 11.5 Å². The standard InChI is InChI=1S/C31H22FIN2O4S/c1-38-27-18-21(17-26(33)28(27)39-19-20-12-14-22(32)15-13-20)16-25-29(36)34(23-8-4-2-5-9-23)31(40)35(30(25)37)24-10-6-3-7-11-24/h2-18H,19H2,1H3. The van der Waals surface area contributed by atoms with Crippen LogP contribution < -0.4 is 19.3 Å². The van der Waals surface area contributed by atoms with Gasteiger partial charge in [-0.1, -0.05) is 48.5 Å². The average Bonchev–Trinajstić information content (AvgIpc) is 2.96. The lowest BCUT2D eigenvalue weighted by molar-refractivity contribution is -0.120. The van der Waals surface area contributed by atoms with E-state index in [9.17, 15) is 14.0 Å². The number of anilines is 2. The molecule has 1 heterocycles. The SMILES string of the molecule is COc1cc(C=C2C(=O)N(c3ccccc3)C(=S)N(c3ccccc3)C2=O)cc(I)c1OCc1ccc(F)cc1. The molecule has 0 bridgehead atoms. The third-order valence-corrected chi connectivity index (χ3v) is 7.30. The van der Waals surface area contributed by atoms with E-state index in [1.165, 1.54) is 35.1 Å². The van der Waals surface area contributed by atoms with Gasteiger partial charge in [-0.25, -0.2) is 4.39 Å². The zero-order valence-electron chi connectivity index (χ0n) is 21.2. The van der Waals surface area contributed by atoms with Crippen LogP contribution in [-0.4, -0.2) is 24.0 Å². The first kappa shape index (κ1) is 27.5. The lowest BCUT2D eigenvalue weighted by Gasteiger charge is -2.36. The number of para-hydroxylation sites is 2. The number of carbonyl (C=O) groups is 2. The second kappa shape index (κ2) is 12.0. The van der Waals surface area contributed by atoms with Gasteiger partial charge in [-0.2, -0.15) is 0 Å². The van der Waals surface area contributed by atoms with E-state index in [2.05, 4.69) is 22.6 Å². The summed E-state index contributed by atoms with van der Waals surface area (Å²) in [5.41, 5.74) is 2.41. The molecule has 200 valence electrons.